The van der Waals surface area contributed by atoms with Gasteiger partial charge in [0.2, 0.25) is 5.91 Å². The fourth-order valence-corrected chi connectivity index (χ4v) is 4.69. The zero-order valence-corrected chi connectivity index (χ0v) is 16.5. The van der Waals surface area contributed by atoms with E-state index in [1.54, 1.807) is 6.20 Å². The van der Waals surface area contributed by atoms with E-state index in [-0.39, 0.29) is 0 Å². The van der Waals surface area contributed by atoms with E-state index in [4.69, 9.17) is 0 Å². The molecule has 2 aromatic heterocycles. The summed E-state index contributed by atoms with van der Waals surface area (Å²) in [5, 5.41) is 0. The van der Waals surface area contributed by atoms with Crippen LogP contribution in [0.15, 0.2) is 49.1 Å². The summed E-state index contributed by atoms with van der Waals surface area (Å²) in [5.74, 6) is 1.75. The van der Waals surface area contributed by atoms with Crippen LogP contribution in [0.4, 0.5) is 0 Å². The summed E-state index contributed by atoms with van der Waals surface area (Å²) in [5.41, 5.74) is 2.44. The van der Waals surface area contributed by atoms with Crippen LogP contribution in [-0.4, -0.2) is 51.9 Å². The number of amides is 1. The molecular weight excluding hydrogens is 348 g/mol. The number of likely N-dealkylation sites (tertiary alicyclic amines) is 2. The molecular formula is C23H30N4O. The molecule has 2 aliphatic rings. The van der Waals surface area contributed by atoms with Gasteiger partial charge >= 0.3 is 0 Å². The van der Waals surface area contributed by atoms with Crippen LogP contribution in [0.2, 0.25) is 0 Å². The highest BCUT2D eigenvalue weighted by atomic mass is 16.2. The molecule has 28 heavy (non-hydrogen) atoms. The molecule has 1 atom stereocenters. The molecule has 4 heterocycles. The van der Waals surface area contributed by atoms with Crippen molar-refractivity contribution in [2.45, 2.75) is 38.6 Å². The molecule has 0 radical (unpaired) electrons. The molecule has 2 aromatic rings. The molecule has 0 aromatic carbocycles. The molecule has 0 aliphatic carbocycles. The Hall–Kier alpha value is -2.27. The lowest BCUT2D eigenvalue weighted by Gasteiger charge is -2.34. The van der Waals surface area contributed by atoms with E-state index >= 15 is 0 Å². The molecule has 0 N–H and O–H groups in total. The Morgan fingerprint density at radius 2 is 1.61 bits per heavy atom. The molecule has 0 spiro atoms. The summed E-state index contributed by atoms with van der Waals surface area (Å²) in [6.07, 6.45) is 12.5. The molecule has 5 heteroatoms. The van der Waals surface area contributed by atoms with Gasteiger partial charge in [-0.25, -0.2) is 0 Å². The van der Waals surface area contributed by atoms with Gasteiger partial charge in [-0.15, -0.1) is 0 Å². The Kier molecular flexibility index (Phi) is 6.32. The third kappa shape index (κ3) is 4.96. The Balaban J connectivity index is 1.20. The van der Waals surface area contributed by atoms with Crippen LogP contribution in [0.25, 0.3) is 0 Å². The topological polar surface area (TPSA) is 49.3 Å². The van der Waals surface area contributed by atoms with Crippen molar-refractivity contribution in [1.29, 1.82) is 0 Å². The van der Waals surface area contributed by atoms with Crippen LogP contribution in [-0.2, 0) is 17.8 Å². The van der Waals surface area contributed by atoms with Crippen LogP contribution in [0.1, 0.15) is 36.8 Å². The van der Waals surface area contributed by atoms with Crippen molar-refractivity contribution in [3.05, 3.63) is 60.2 Å². The van der Waals surface area contributed by atoms with Gasteiger partial charge in [0.1, 0.15) is 0 Å². The summed E-state index contributed by atoms with van der Waals surface area (Å²) in [6, 6.07) is 8.16. The third-order valence-electron chi connectivity index (χ3n) is 6.36. The molecule has 1 amide bonds. The smallest absolute Gasteiger partial charge is 0.222 e. The number of carbonyl (C=O) groups excluding carboxylic acids is 1. The molecule has 148 valence electrons. The number of hydrogen-bond acceptors (Lipinski definition) is 4. The molecule has 2 saturated heterocycles. The van der Waals surface area contributed by atoms with E-state index in [2.05, 4.69) is 25.8 Å². The minimum Gasteiger partial charge on any atom is -0.342 e. The van der Waals surface area contributed by atoms with Gasteiger partial charge in [-0.05, 0) is 73.9 Å². The predicted molar refractivity (Wildman–Crippen MR) is 109 cm³/mol. The first-order chi connectivity index (χ1) is 13.8. The lowest BCUT2D eigenvalue weighted by Crippen LogP contribution is -2.37. The van der Waals surface area contributed by atoms with E-state index in [9.17, 15) is 4.79 Å². The molecule has 5 nitrogen and oxygen atoms in total. The maximum absolute atomic E-state index is 12.6. The Bertz CT molecular complexity index is 744. The first-order valence-electron chi connectivity index (χ1n) is 10.6. The van der Waals surface area contributed by atoms with E-state index in [1.807, 2.05) is 36.8 Å². The van der Waals surface area contributed by atoms with Gasteiger partial charge in [-0.3, -0.25) is 19.7 Å². The number of pyridine rings is 2. The van der Waals surface area contributed by atoms with E-state index in [1.165, 1.54) is 24.8 Å². The number of carbonyl (C=O) groups is 1. The second-order valence-electron chi connectivity index (χ2n) is 8.22. The van der Waals surface area contributed by atoms with Crippen molar-refractivity contribution in [3.63, 3.8) is 0 Å². The van der Waals surface area contributed by atoms with Crippen molar-refractivity contribution in [1.82, 2.24) is 19.8 Å². The number of piperidine rings is 1. The van der Waals surface area contributed by atoms with Gasteiger partial charge in [-0.2, -0.15) is 0 Å². The Morgan fingerprint density at radius 1 is 0.929 bits per heavy atom. The van der Waals surface area contributed by atoms with Crippen LogP contribution >= 0.6 is 0 Å². The monoisotopic (exact) mass is 378 g/mol. The molecule has 0 unspecified atom stereocenters. The quantitative estimate of drug-likeness (QED) is 0.775. The van der Waals surface area contributed by atoms with E-state index in [0.29, 0.717) is 18.2 Å². The minimum absolute atomic E-state index is 0.306. The van der Waals surface area contributed by atoms with Crippen molar-refractivity contribution in [2.75, 3.05) is 26.2 Å². The fourth-order valence-electron chi connectivity index (χ4n) is 4.69. The lowest BCUT2D eigenvalue weighted by molar-refractivity contribution is -0.130. The zero-order chi connectivity index (χ0) is 19.2. The largest absolute Gasteiger partial charge is 0.342 e. The molecule has 2 aliphatic heterocycles. The van der Waals surface area contributed by atoms with Crippen molar-refractivity contribution >= 4 is 5.91 Å². The van der Waals surface area contributed by atoms with Crippen molar-refractivity contribution in [3.8, 4) is 0 Å². The highest BCUT2D eigenvalue weighted by molar-refractivity contribution is 5.76. The third-order valence-corrected chi connectivity index (χ3v) is 6.36. The van der Waals surface area contributed by atoms with Gasteiger partial charge in [0, 0.05) is 50.8 Å². The molecule has 2 fully saturated rings. The lowest BCUT2D eigenvalue weighted by atomic mass is 9.83. The van der Waals surface area contributed by atoms with Gasteiger partial charge < -0.3 is 4.90 Å². The van der Waals surface area contributed by atoms with Gasteiger partial charge in [-0.1, -0.05) is 12.1 Å². The second kappa shape index (κ2) is 9.28. The van der Waals surface area contributed by atoms with Crippen LogP contribution in [0.5, 0.6) is 0 Å². The number of nitrogens with zero attached hydrogens (tertiary/aromatic N) is 4. The average molecular weight is 379 g/mol. The SMILES string of the molecule is O=C(CCc1cccnc1)N1CC[C@@H](C2CCN(Cc3cccnc3)CC2)C1. The normalized spacial score (nSPS) is 21.1. The maximum Gasteiger partial charge on any atom is 0.222 e. The average Bonchev–Trinajstić information content (AvgIpc) is 3.24. The number of aromatic nitrogens is 2. The van der Waals surface area contributed by atoms with E-state index in [0.717, 1.165) is 50.6 Å². The molecule has 4 rings (SSSR count). The summed E-state index contributed by atoms with van der Waals surface area (Å²) < 4.78 is 0. The summed E-state index contributed by atoms with van der Waals surface area (Å²) in [7, 11) is 0. The second-order valence-corrected chi connectivity index (χ2v) is 8.22. The zero-order valence-electron chi connectivity index (χ0n) is 16.5. The molecule has 0 bridgehead atoms. The van der Waals surface area contributed by atoms with Crippen molar-refractivity contribution < 1.29 is 4.79 Å². The van der Waals surface area contributed by atoms with Crippen molar-refractivity contribution in [2.24, 2.45) is 11.8 Å². The van der Waals surface area contributed by atoms with Crippen LogP contribution in [0, 0.1) is 11.8 Å². The van der Waals surface area contributed by atoms with Crippen LogP contribution < -0.4 is 0 Å². The first kappa shape index (κ1) is 19.1. The summed E-state index contributed by atoms with van der Waals surface area (Å²) in [6.45, 7) is 5.21. The molecule has 0 saturated carbocycles. The Morgan fingerprint density at radius 3 is 2.29 bits per heavy atom. The highest BCUT2D eigenvalue weighted by Crippen LogP contribution is 2.32. The maximum atomic E-state index is 12.6. The predicted octanol–water partition coefficient (Wildman–Crippen LogP) is 3.17. The summed E-state index contributed by atoms with van der Waals surface area (Å²) in [4.78, 5) is 25.6. The number of aryl methyl sites for hydroxylation is 1. The van der Waals surface area contributed by atoms with Gasteiger partial charge in [0.05, 0.1) is 0 Å². The number of hydrogen-bond donors (Lipinski definition) is 0. The number of rotatable bonds is 6. The fraction of sp³-hybridized carbons (Fsp3) is 0.522. The van der Waals surface area contributed by atoms with Gasteiger partial charge in [0.15, 0.2) is 0 Å². The van der Waals surface area contributed by atoms with Crippen LogP contribution in [0.3, 0.4) is 0 Å². The minimum atomic E-state index is 0.306. The standard InChI is InChI=1S/C23H30N4O/c28-23(6-5-19-3-1-10-24-15-19)27-14-9-22(18-27)21-7-12-26(13-8-21)17-20-4-2-11-25-16-20/h1-4,10-11,15-16,21-22H,5-9,12-14,17-18H2/t22-/m1/s1. The van der Waals surface area contributed by atoms with Gasteiger partial charge in [0.25, 0.3) is 0 Å². The first-order valence-corrected chi connectivity index (χ1v) is 10.6. The summed E-state index contributed by atoms with van der Waals surface area (Å²) >= 11 is 0. The Labute approximate surface area is 167 Å². The highest BCUT2D eigenvalue weighted by Gasteiger charge is 2.33. The van der Waals surface area contributed by atoms with E-state index < -0.39 is 0 Å².